The number of hydrogen-bond donors (Lipinski definition) is 2. The third kappa shape index (κ3) is 3.83. The third-order valence-electron chi connectivity index (χ3n) is 2.05. The van der Waals surface area contributed by atoms with Crippen LogP contribution in [0, 0.1) is 0 Å². The van der Waals surface area contributed by atoms with Crippen LogP contribution in [0.25, 0.3) is 0 Å². The van der Waals surface area contributed by atoms with Crippen molar-refractivity contribution in [3.63, 3.8) is 0 Å². The maximum atomic E-state index is 11.4. The van der Waals surface area contributed by atoms with Gasteiger partial charge in [-0.3, -0.25) is 4.79 Å². The Morgan fingerprint density at radius 2 is 2.31 bits per heavy atom. The molecule has 0 aromatic heterocycles. The molecule has 4 nitrogen and oxygen atoms in total. The average molecular weight is 287 g/mol. The van der Waals surface area contributed by atoms with Crippen molar-refractivity contribution >= 4 is 21.8 Å². The Labute approximate surface area is 103 Å². The quantitative estimate of drug-likeness (QED) is 0.851. The second-order valence-corrected chi connectivity index (χ2v) is 4.14. The average Bonchev–Trinajstić information content (AvgIpc) is 2.26. The minimum atomic E-state index is -0.0254. The van der Waals surface area contributed by atoms with Crippen molar-refractivity contribution in [3.05, 3.63) is 28.2 Å². The molecular formula is C11H15BrN2O2. The van der Waals surface area contributed by atoms with E-state index in [0.717, 1.165) is 15.8 Å². The Hall–Kier alpha value is -1.07. The highest BCUT2D eigenvalue weighted by atomic mass is 79.9. The summed E-state index contributed by atoms with van der Waals surface area (Å²) in [7, 11) is 1.60. The Kier molecular flexibility index (Phi) is 5.28. The second-order valence-electron chi connectivity index (χ2n) is 3.28. The molecule has 0 saturated heterocycles. The van der Waals surface area contributed by atoms with E-state index in [1.165, 1.54) is 0 Å². The molecule has 0 radical (unpaired) electrons. The number of amides is 1. The Morgan fingerprint density at radius 3 is 2.88 bits per heavy atom. The molecule has 16 heavy (non-hydrogen) atoms. The summed E-state index contributed by atoms with van der Waals surface area (Å²) in [6, 6.07) is 5.57. The first kappa shape index (κ1) is 13.0. The van der Waals surface area contributed by atoms with Gasteiger partial charge in [0.05, 0.1) is 18.0 Å². The number of carbonyl (C=O) groups excluding carboxylic acids is 1. The van der Waals surface area contributed by atoms with Crippen LogP contribution >= 0.6 is 15.9 Å². The minimum absolute atomic E-state index is 0.0254. The van der Waals surface area contributed by atoms with Gasteiger partial charge in [0.1, 0.15) is 5.75 Å². The largest absolute Gasteiger partial charge is 0.496 e. The van der Waals surface area contributed by atoms with Gasteiger partial charge in [0.2, 0.25) is 5.91 Å². The lowest BCUT2D eigenvalue weighted by Crippen LogP contribution is -2.30. The molecule has 5 heteroatoms. The zero-order chi connectivity index (χ0) is 12.0. The molecule has 1 aromatic rings. The highest BCUT2D eigenvalue weighted by Crippen LogP contribution is 2.25. The van der Waals surface area contributed by atoms with E-state index in [0.29, 0.717) is 19.5 Å². The van der Waals surface area contributed by atoms with E-state index in [4.69, 9.17) is 10.5 Å². The highest BCUT2D eigenvalue weighted by molar-refractivity contribution is 9.10. The normalized spacial score (nSPS) is 9.94. The molecular weight excluding hydrogens is 272 g/mol. The van der Waals surface area contributed by atoms with Crippen LogP contribution in [0.5, 0.6) is 5.75 Å². The SMILES string of the molecule is COc1ccc(CC(=O)NCCN)cc1Br. The number of carbonyl (C=O) groups is 1. The first-order valence-electron chi connectivity index (χ1n) is 4.96. The molecule has 0 unspecified atom stereocenters. The molecule has 1 aromatic carbocycles. The predicted molar refractivity (Wildman–Crippen MR) is 66.5 cm³/mol. The van der Waals surface area contributed by atoms with E-state index in [-0.39, 0.29) is 5.91 Å². The fourth-order valence-corrected chi connectivity index (χ4v) is 1.87. The summed E-state index contributed by atoms with van der Waals surface area (Å²) in [5.74, 6) is 0.730. The van der Waals surface area contributed by atoms with Crippen molar-refractivity contribution in [2.24, 2.45) is 5.73 Å². The maximum absolute atomic E-state index is 11.4. The second kappa shape index (κ2) is 6.50. The van der Waals surface area contributed by atoms with Crippen LogP contribution in [0.15, 0.2) is 22.7 Å². The first-order valence-corrected chi connectivity index (χ1v) is 5.76. The number of benzene rings is 1. The Bertz CT molecular complexity index is 369. The van der Waals surface area contributed by atoms with E-state index in [1.807, 2.05) is 18.2 Å². The van der Waals surface area contributed by atoms with E-state index in [1.54, 1.807) is 7.11 Å². The summed E-state index contributed by atoms with van der Waals surface area (Å²) in [6.45, 7) is 0.966. The molecule has 3 N–H and O–H groups in total. The van der Waals surface area contributed by atoms with Crippen LogP contribution in [0.1, 0.15) is 5.56 Å². The first-order chi connectivity index (χ1) is 7.67. The zero-order valence-corrected chi connectivity index (χ0v) is 10.7. The van der Waals surface area contributed by atoms with Crippen LogP contribution in [-0.4, -0.2) is 26.1 Å². The number of nitrogens with two attached hydrogens (primary N) is 1. The molecule has 0 aliphatic rings. The number of methoxy groups -OCH3 is 1. The number of hydrogen-bond acceptors (Lipinski definition) is 3. The smallest absolute Gasteiger partial charge is 0.224 e. The van der Waals surface area contributed by atoms with Gasteiger partial charge >= 0.3 is 0 Å². The van der Waals surface area contributed by atoms with Gasteiger partial charge < -0.3 is 15.8 Å². The number of rotatable bonds is 5. The van der Waals surface area contributed by atoms with Crippen LogP contribution < -0.4 is 15.8 Å². The fourth-order valence-electron chi connectivity index (χ4n) is 1.28. The molecule has 0 fully saturated rings. The fraction of sp³-hybridized carbons (Fsp3) is 0.364. The molecule has 0 saturated carbocycles. The predicted octanol–water partition coefficient (Wildman–Crippen LogP) is 1.08. The van der Waals surface area contributed by atoms with Crippen LogP contribution in [0.4, 0.5) is 0 Å². The van der Waals surface area contributed by atoms with Gasteiger partial charge in [0.15, 0.2) is 0 Å². The highest BCUT2D eigenvalue weighted by Gasteiger charge is 2.05. The molecule has 1 amide bonds. The molecule has 0 heterocycles. The van der Waals surface area contributed by atoms with E-state index >= 15 is 0 Å². The summed E-state index contributed by atoms with van der Waals surface area (Å²) in [5, 5.41) is 2.72. The summed E-state index contributed by atoms with van der Waals surface area (Å²) in [6.07, 6.45) is 0.350. The topological polar surface area (TPSA) is 64.3 Å². The van der Waals surface area contributed by atoms with Gasteiger partial charge in [0.25, 0.3) is 0 Å². The number of nitrogens with one attached hydrogen (secondary N) is 1. The van der Waals surface area contributed by atoms with Gasteiger partial charge in [-0.15, -0.1) is 0 Å². The van der Waals surface area contributed by atoms with Crippen LogP contribution in [0.2, 0.25) is 0 Å². The molecule has 1 rings (SSSR count). The van der Waals surface area contributed by atoms with Crippen molar-refractivity contribution < 1.29 is 9.53 Å². The number of ether oxygens (including phenoxy) is 1. The Balaban J connectivity index is 2.61. The lowest BCUT2D eigenvalue weighted by molar-refractivity contribution is -0.120. The standard InChI is InChI=1S/C11H15BrN2O2/c1-16-10-3-2-8(6-9(10)12)7-11(15)14-5-4-13/h2-3,6H,4-5,7,13H2,1H3,(H,14,15). The van der Waals surface area contributed by atoms with Crippen LogP contribution in [-0.2, 0) is 11.2 Å². The number of halogens is 1. The monoisotopic (exact) mass is 286 g/mol. The van der Waals surface area contributed by atoms with Gasteiger partial charge in [-0.05, 0) is 33.6 Å². The molecule has 0 bridgehead atoms. The van der Waals surface area contributed by atoms with Gasteiger partial charge in [-0.2, -0.15) is 0 Å². The lowest BCUT2D eigenvalue weighted by atomic mass is 10.1. The Morgan fingerprint density at radius 1 is 1.56 bits per heavy atom. The third-order valence-corrected chi connectivity index (χ3v) is 2.67. The molecule has 0 atom stereocenters. The van der Waals surface area contributed by atoms with E-state index < -0.39 is 0 Å². The summed E-state index contributed by atoms with van der Waals surface area (Å²) < 4.78 is 5.95. The minimum Gasteiger partial charge on any atom is -0.496 e. The van der Waals surface area contributed by atoms with Crippen LogP contribution in [0.3, 0.4) is 0 Å². The lowest BCUT2D eigenvalue weighted by Gasteiger charge is -2.06. The van der Waals surface area contributed by atoms with E-state index in [9.17, 15) is 4.79 Å². The summed E-state index contributed by atoms with van der Waals surface area (Å²) in [4.78, 5) is 11.4. The van der Waals surface area contributed by atoms with Crippen molar-refractivity contribution in [3.8, 4) is 5.75 Å². The molecule has 0 spiro atoms. The van der Waals surface area contributed by atoms with Gasteiger partial charge in [0, 0.05) is 13.1 Å². The van der Waals surface area contributed by atoms with Crippen molar-refractivity contribution in [2.75, 3.05) is 20.2 Å². The van der Waals surface area contributed by atoms with Gasteiger partial charge in [-0.1, -0.05) is 6.07 Å². The van der Waals surface area contributed by atoms with Gasteiger partial charge in [-0.25, -0.2) is 0 Å². The van der Waals surface area contributed by atoms with Crippen molar-refractivity contribution in [1.29, 1.82) is 0 Å². The van der Waals surface area contributed by atoms with Crippen molar-refractivity contribution in [2.45, 2.75) is 6.42 Å². The summed E-state index contributed by atoms with van der Waals surface area (Å²) in [5.41, 5.74) is 6.23. The molecule has 0 aliphatic heterocycles. The molecule has 0 aliphatic carbocycles. The van der Waals surface area contributed by atoms with Crippen molar-refractivity contribution in [1.82, 2.24) is 5.32 Å². The summed E-state index contributed by atoms with van der Waals surface area (Å²) >= 11 is 3.37. The molecule has 88 valence electrons. The van der Waals surface area contributed by atoms with E-state index in [2.05, 4.69) is 21.2 Å². The zero-order valence-electron chi connectivity index (χ0n) is 9.13. The maximum Gasteiger partial charge on any atom is 0.224 e.